The molecule has 0 aliphatic rings. The normalized spacial score (nSPS) is 12.9. The summed E-state index contributed by atoms with van der Waals surface area (Å²) in [6.45, 7) is 5.23. The van der Waals surface area contributed by atoms with E-state index in [0.717, 1.165) is 0 Å². The topological polar surface area (TPSA) is 78.8 Å². The molecule has 1 aromatic carbocycles. The molecule has 0 saturated heterocycles. The molecule has 1 atom stereocenters. The van der Waals surface area contributed by atoms with Gasteiger partial charge in [-0.3, -0.25) is 5.32 Å². The molecule has 0 aliphatic heterocycles. The molecular weight excluding hydrogens is 270 g/mol. The third kappa shape index (κ3) is 4.96. The van der Waals surface area contributed by atoms with Gasteiger partial charge in [0.2, 0.25) is 0 Å². The SMILES string of the molecule is CC(C)(C)OC(=O)Nc1ccc(C(O)CCl)cc1O. The first-order chi connectivity index (χ1) is 8.73. The molecule has 0 aliphatic carbocycles. The maximum absolute atomic E-state index is 11.5. The molecule has 0 bridgehead atoms. The van der Waals surface area contributed by atoms with Crippen molar-refractivity contribution in [1.29, 1.82) is 0 Å². The van der Waals surface area contributed by atoms with Crippen LogP contribution in [0.25, 0.3) is 0 Å². The largest absolute Gasteiger partial charge is 0.506 e. The van der Waals surface area contributed by atoms with Gasteiger partial charge in [-0.2, -0.15) is 0 Å². The van der Waals surface area contributed by atoms with Gasteiger partial charge >= 0.3 is 6.09 Å². The Kier molecular flexibility index (Phi) is 5.03. The Morgan fingerprint density at radius 2 is 2.11 bits per heavy atom. The Bertz CT molecular complexity index is 456. The summed E-state index contributed by atoms with van der Waals surface area (Å²) in [6, 6.07) is 4.39. The number of aliphatic hydroxyl groups is 1. The summed E-state index contributed by atoms with van der Waals surface area (Å²) in [4.78, 5) is 11.5. The van der Waals surface area contributed by atoms with Crippen molar-refractivity contribution < 1.29 is 19.7 Å². The van der Waals surface area contributed by atoms with Crippen LogP contribution in [0, 0.1) is 0 Å². The van der Waals surface area contributed by atoms with E-state index in [0.29, 0.717) is 5.56 Å². The summed E-state index contributed by atoms with van der Waals surface area (Å²) in [5, 5.41) is 21.7. The zero-order valence-corrected chi connectivity index (χ0v) is 11.9. The van der Waals surface area contributed by atoms with Crippen molar-refractivity contribution in [2.75, 3.05) is 11.2 Å². The number of ether oxygens (including phenoxy) is 1. The molecule has 106 valence electrons. The second kappa shape index (κ2) is 6.12. The molecule has 0 saturated carbocycles. The summed E-state index contributed by atoms with van der Waals surface area (Å²) in [5.74, 6) is -0.134. The number of aliphatic hydroxyl groups excluding tert-OH is 1. The van der Waals surface area contributed by atoms with Gasteiger partial charge in [-0.1, -0.05) is 6.07 Å². The fraction of sp³-hybridized carbons (Fsp3) is 0.462. The highest BCUT2D eigenvalue weighted by molar-refractivity contribution is 6.18. The monoisotopic (exact) mass is 287 g/mol. The van der Waals surface area contributed by atoms with E-state index in [1.54, 1.807) is 26.8 Å². The average molecular weight is 288 g/mol. The van der Waals surface area contributed by atoms with E-state index < -0.39 is 17.8 Å². The van der Waals surface area contributed by atoms with Crippen LogP contribution in [0.5, 0.6) is 5.75 Å². The molecular formula is C13H18ClNO4. The van der Waals surface area contributed by atoms with Gasteiger partial charge in [-0.15, -0.1) is 11.6 Å². The average Bonchev–Trinajstić information content (AvgIpc) is 2.28. The van der Waals surface area contributed by atoms with Crippen LogP contribution < -0.4 is 5.32 Å². The van der Waals surface area contributed by atoms with E-state index in [4.69, 9.17) is 16.3 Å². The van der Waals surface area contributed by atoms with Crippen LogP contribution in [0.3, 0.4) is 0 Å². The molecule has 0 radical (unpaired) electrons. The summed E-state index contributed by atoms with van der Waals surface area (Å²) in [5.41, 5.74) is 0.0658. The number of amides is 1. The molecule has 5 nitrogen and oxygen atoms in total. The van der Waals surface area contributed by atoms with E-state index in [2.05, 4.69) is 5.32 Å². The number of carbonyl (C=O) groups is 1. The minimum Gasteiger partial charge on any atom is -0.506 e. The van der Waals surface area contributed by atoms with Crippen LogP contribution in [0.2, 0.25) is 0 Å². The first-order valence-corrected chi connectivity index (χ1v) is 6.33. The fourth-order valence-electron chi connectivity index (χ4n) is 1.36. The number of rotatable bonds is 3. The number of phenolic OH excluding ortho intramolecular Hbond substituents is 1. The van der Waals surface area contributed by atoms with Gasteiger partial charge < -0.3 is 14.9 Å². The van der Waals surface area contributed by atoms with Crippen LogP contribution in [0.15, 0.2) is 18.2 Å². The van der Waals surface area contributed by atoms with E-state index >= 15 is 0 Å². The van der Waals surface area contributed by atoms with E-state index in [-0.39, 0.29) is 17.3 Å². The van der Waals surface area contributed by atoms with Crippen LogP contribution in [0.4, 0.5) is 10.5 Å². The van der Waals surface area contributed by atoms with Gasteiger partial charge in [0.05, 0.1) is 17.7 Å². The van der Waals surface area contributed by atoms with Gasteiger partial charge in [-0.25, -0.2) is 4.79 Å². The Balaban J connectivity index is 2.78. The van der Waals surface area contributed by atoms with Gasteiger partial charge in [0.15, 0.2) is 0 Å². The van der Waals surface area contributed by atoms with Crippen LogP contribution in [0.1, 0.15) is 32.4 Å². The zero-order chi connectivity index (χ0) is 14.6. The highest BCUT2D eigenvalue weighted by Crippen LogP contribution is 2.28. The highest BCUT2D eigenvalue weighted by atomic mass is 35.5. The lowest BCUT2D eigenvalue weighted by atomic mass is 10.1. The van der Waals surface area contributed by atoms with E-state index in [1.807, 2.05) is 0 Å². The third-order valence-corrected chi connectivity index (χ3v) is 2.48. The smallest absolute Gasteiger partial charge is 0.412 e. The van der Waals surface area contributed by atoms with Gasteiger partial charge in [0.1, 0.15) is 11.4 Å². The quantitative estimate of drug-likeness (QED) is 0.590. The zero-order valence-electron chi connectivity index (χ0n) is 11.1. The number of phenols is 1. The van der Waals surface area contributed by atoms with Crippen molar-refractivity contribution in [3.63, 3.8) is 0 Å². The molecule has 1 unspecified atom stereocenters. The minimum atomic E-state index is -0.858. The third-order valence-electron chi connectivity index (χ3n) is 2.19. The lowest BCUT2D eigenvalue weighted by molar-refractivity contribution is 0.0635. The van der Waals surface area contributed by atoms with E-state index in [9.17, 15) is 15.0 Å². The lowest BCUT2D eigenvalue weighted by Crippen LogP contribution is -2.27. The lowest BCUT2D eigenvalue weighted by Gasteiger charge is -2.20. The molecule has 6 heteroatoms. The molecule has 0 heterocycles. The fourth-order valence-corrected chi connectivity index (χ4v) is 1.54. The second-order valence-corrected chi connectivity index (χ2v) is 5.38. The van der Waals surface area contributed by atoms with Crippen molar-refractivity contribution in [2.45, 2.75) is 32.5 Å². The molecule has 1 amide bonds. The predicted molar refractivity (Wildman–Crippen MR) is 73.6 cm³/mol. The van der Waals surface area contributed by atoms with Crippen molar-refractivity contribution >= 4 is 23.4 Å². The molecule has 1 aromatic rings. The molecule has 1 rings (SSSR count). The number of alkyl halides is 1. The molecule has 19 heavy (non-hydrogen) atoms. The van der Waals surface area contributed by atoms with Crippen LogP contribution >= 0.6 is 11.6 Å². The second-order valence-electron chi connectivity index (χ2n) is 5.07. The molecule has 0 spiro atoms. The number of aromatic hydroxyl groups is 1. The number of anilines is 1. The Hall–Kier alpha value is -1.46. The predicted octanol–water partition coefficient (Wildman–Crippen LogP) is 3.01. The number of benzene rings is 1. The van der Waals surface area contributed by atoms with Gasteiger partial charge in [0.25, 0.3) is 0 Å². The summed E-state index contributed by atoms with van der Waals surface area (Å²) < 4.78 is 5.06. The first kappa shape index (κ1) is 15.6. The first-order valence-electron chi connectivity index (χ1n) is 5.80. The van der Waals surface area contributed by atoms with Crippen molar-refractivity contribution in [3.8, 4) is 5.75 Å². The maximum atomic E-state index is 11.5. The summed E-state index contributed by atoms with van der Waals surface area (Å²) in [7, 11) is 0. The number of nitrogens with one attached hydrogen (secondary N) is 1. The molecule has 3 N–H and O–H groups in total. The minimum absolute atomic E-state index is 0.0261. The van der Waals surface area contributed by atoms with Crippen molar-refractivity contribution in [3.05, 3.63) is 23.8 Å². The highest BCUT2D eigenvalue weighted by Gasteiger charge is 2.17. The Morgan fingerprint density at radius 1 is 1.47 bits per heavy atom. The molecule has 0 fully saturated rings. The van der Waals surface area contributed by atoms with Crippen LogP contribution in [-0.4, -0.2) is 27.8 Å². The van der Waals surface area contributed by atoms with Gasteiger partial charge in [0, 0.05) is 0 Å². The number of hydrogen-bond donors (Lipinski definition) is 3. The maximum Gasteiger partial charge on any atom is 0.412 e. The number of carbonyl (C=O) groups excluding carboxylic acids is 1. The van der Waals surface area contributed by atoms with E-state index in [1.165, 1.54) is 12.1 Å². The standard InChI is InChI=1S/C13H18ClNO4/c1-13(2,3)19-12(18)15-9-5-4-8(6-10(9)16)11(17)7-14/h4-6,11,16-17H,7H2,1-3H3,(H,15,18). The summed E-state index contributed by atoms with van der Waals surface area (Å²) in [6.07, 6.45) is -1.52. The Labute approximate surface area is 117 Å². The number of halogens is 1. The molecule has 0 aromatic heterocycles. The van der Waals surface area contributed by atoms with Gasteiger partial charge in [-0.05, 0) is 38.5 Å². The van der Waals surface area contributed by atoms with Crippen molar-refractivity contribution in [1.82, 2.24) is 0 Å². The van der Waals surface area contributed by atoms with Crippen LogP contribution in [-0.2, 0) is 4.74 Å². The summed E-state index contributed by atoms with van der Waals surface area (Å²) >= 11 is 5.51. The number of hydrogen-bond acceptors (Lipinski definition) is 4. The Morgan fingerprint density at radius 3 is 2.58 bits per heavy atom. The van der Waals surface area contributed by atoms with Crippen molar-refractivity contribution in [2.24, 2.45) is 0 Å².